The van der Waals surface area contributed by atoms with Gasteiger partial charge in [-0.25, -0.2) is 4.79 Å². The molecule has 6 nitrogen and oxygen atoms in total. The number of nitrogens with zero attached hydrogens (tertiary/aromatic N) is 1. The summed E-state index contributed by atoms with van der Waals surface area (Å²) in [7, 11) is 1.13. The number of aliphatic hydroxyl groups is 1. The Balaban J connectivity index is 2.52. The third-order valence-corrected chi connectivity index (χ3v) is 2.42. The number of benzene rings is 1. The number of hydroxylamine groups is 2. The van der Waals surface area contributed by atoms with Crippen LogP contribution < -0.4 is 5.73 Å². The summed E-state index contributed by atoms with van der Waals surface area (Å²) in [5, 5.41) is 9.99. The molecule has 0 bridgehead atoms. The lowest BCUT2D eigenvalue weighted by Crippen LogP contribution is -2.45. The van der Waals surface area contributed by atoms with Gasteiger partial charge in [-0.3, -0.25) is 9.63 Å². The minimum absolute atomic E-state index is 0.190. The van der Waals surface area contributed by atoms with Crippen molar-refractivity contribution < 1.29 is 19.5 Å². The van der Waals surface area contributed by atoms with Crippen LogP contribution in [0.3, 0.4) is 0 Å². The van der Waals surface area contributed by atoms with Gasteiger partial charge in [-0.15, -0.1) is 5.06 Å². The normalized spacial score (nSPS) is 11.9. The minimum atomic E-state index is -1.32. The molecule has 1 atom stereocenters. The zero-order valence-corrected chi connectivity index (χ0v) is 10.1. The smallest absolute Gasteiger partial charge is 0.346 e. The number of imide groups is 1. The second kappa shape index (κ2) is 6.73. The predicted octanol–water partition coefficient (Wildman–Crippen LogP) is 0.449. The Bertz CT molecular complexity index is 408. The Kier molecular flexibility index (Phi) is 5.29. The molecule has 3 amide bonds. The summed E-state index contributed by atoms with van der Waals surface area (Å²) in [6.07, 6.45) is -0.613. The highest BCUT2D eigenvalue weighted by molar-refractivity contribution is 5.94. The van der Waals surface area contributed by atoms with E-state index < -0.39 is 18.0 Å². The van der Waals surface area contributed by atoms with Crippen LogP contribution in [0.2, 0.25) is 0 Å². The van der Waals surface area contributed by atoms with Crippen LogP contribution in [-0.4, -0.2) is 35.3 Å². The summed E-state index contributed by atoms with van der Waals surface area (Å²) in [4.78, 5) is 26.9. The largest absolute Gasteiger partial charge is 0.383 e. The third kappa shape index (κ3) is 3.83. The van der Waals surface area contributed by atoms with E-state index in [1.54, 1.807) is 0 Å². The van der Waals surface area contributed by atoms with Crippen molar-refractivity contribution >= 4 is 11.9 Å². The van der Waals surface area contributed by atoms with Crippen molar-refractivity contribution in [3.63, 3.8) is 0 Å². The Labute approximate surface area is 105 Å². The van der Waals surface area contributed by atoms with Crippen LogP contribution in [0.4, 0.5) is 4.79 Å². The molecular formula is C12H16N2O4. The summed E-state index contributed by atoms with van der Waals surface area (Å²) >= 11 is 0. The molecule has 0 unspecified atom stereocenters. The van der Waals surface area contributed by atoms with E-state index in [4.69, 9.17) is 5.73 Å². The quantitative estimate of drug-likeness (QED) is 0.744. The number of aliphatic hydroxyl groups excluding tert-OH is 1. The monoisotopic (exact) mass is 252 g/mol. The Morgan fingerprint density at radius 3 is 2.50 bits per heavy atom. The molecule has 1 aromatic rings. The first-order valence-corrected chi connectivity index (χ1v) is 5.45. The van der Waals surface area contributed by atoms with E-state index in [0.717, 1.165) is 12.7 Å². The molecule has 98 valence electrons. The van der Waals surface area contributed by atoms with Crippen LogP contribution >= 0.6 is 0 Å². The molecule has 0 spiro atoms. The van der Waals surface area contributed by atoms with Crippen molar-refractivity contribution in [3.05, 3.63) is 35.9 Å². The number of carbonyl (C=O) groups excluding carboxylic acids is 2. The van der Waals surface area contributed by atoms with Gasteiger partial charge in [0.15, 0.2) is 0 Å². The van der Waals surface area contributed by atoms with Crippen LogP contribution in [0.25, 0.3) is 0 Å². The van der Waals surface area contributed by atoms with Gasteiger partial charge in [0.05, 0.1) is 7.11 Å². The second-order valence-electron chi connectivity index (χ2n) is 3.69. The third-order valence-electron chi connectivity index (χ3n) is 2.42. The number of amides is 3. The zero-order valence-electron chi connectivity index (χ0n) is 10.1. The molecule has 1 rings (SSSR count). The molecule has 0 fully saturated rings. The van der Waals surface area contributed by atoms with Crippen molar-refractivity contribution in [2.24, 2.45) is 5.73 Å². The van der Waals surface area contributed by atoms with Gasteiger partial charge >= 0.3 is 6.03 Å². The average molecular weight is 252 g/mol. The Hall–Kier alpha value is -1.92. The molecule has 0 saturated carbocycles. The molecular weight excluding hydrogens is 236 g/mol. The maximum absolute atomic E-state index is 11.6. The number of rotatable bonds is 5. The molecule has 1 aromatic carbocycles. The molecule has 6 heteroatoms. The van der Waals surface area contributed by atoms with E-state index >= 15 is 0 Å². The Morgan fingerprint density at radius 1 is 1.39 bits per heavy atom. The topological polar surface area (TPSA) is 92.9 Å². The molecule has 18 heavy (non-hydrogen) atoms. The fourth-order valence-electron chi connectivity index (χ4n) is 1.50. The first kappa shape index (κ1) is 14.1. The first-order chi connectivity index (χ1) is 8.56. The van der Waals surface area contributed by atoms with Gasteiger partial charge in [-0.1, -0.05) is 30.3 Å². The van der Waals surface area contributed by atoms with Gasteiger partial charge < -0.3 is 10.8 Å². The summed E-state index contributed by atoms with van der Waals surface area (Å²) in [6, 6.07) is 8.34. The van der Waals surface area contributed by atoms with E-state index in [-0.39, 0.29) is 6.42 Å². The standard InChI is InChI=1S/C12H16N2O4/c1-18-14(12(13)17)11(16)10(15)8-7-9-5-3-2-4-6-9/h2-6,10,15H,7-8H2,1H3,(H2,13,17)/t10-/m0/s1. The molecule has 0 aliphatic rings. The first-order valence-electron chi connectivity index (χ1n) is 5.45. The van der Waals surface area contributed by atoms with Gasteiger partial charge in [-0.2, -0.15) is 0 Å². The number of nitrogens with two attached hydrogens (primary N) is 1. The maximum atomic E-state index is 11.6. The fourth-order valence-corrected chi connectivity index (χ4v) is 1.50. The van der Waals surface area contributed by atoms with E-state index in [1.165, 1.54) is 0 Å². The fraction of sp³-hybridized carbons (Fsp3) is 0.333. The lowest BCUT2D eigenvalue weighted by atomic mass is 10.1. The van der Waals surface area contributed by atoms with Gasteiger partial charge in [-0.05, 0) is 18.4 Å². The van der Waals surface area contributed by atoms with E-state index in [0.29, 0.717) is 11.5 Å². The van der Waals surface area contributed by atoms with E-state index in [2.05, 4.69) is 4.84 Å². The molecule has 0 radical (unpaired) electrons. The van der Waals surface area contributed by atoms with Crippen LogP contribution in [0, 0.1) is 0 Å². The minimum Gasteiger partial charge on any atom is -0.383 e. The molecule has 0 heterocycles. The number of primary amides is 1. The molecule has 0 aliphatic carbocycles. The van der Waals surface area contributed by atoms with Crippen molar-refractivity contribution in [3.8, 4) is 0 Å². The molecule has 3 N–H and O–H groups in total. The van der Waals surface area contributed by atoms with Crippen molar-refractivity contribution in [2.45, 2.75) is 18.9 Å². The second-order valence-corrected chi connectivity index (χ2v) is 3.69. The summed E-state index contributed by atoms with van der Waals surface area (Å²) in [5.74, 6) is -0.860. The van der Waals surface area contributed by atoms with Crippen LogP contribution in [0.1, 0.15) is 12.0 Å². The van der Waals surface area contributed by atoms with Gasteiger partial charge in [0.25, 0.3) is 5.91 Å². The van der Waals surface area contributed by atoms with Crippen molar-refractivity contribution in [2.75, 3.05) is 7.11 Å². The summed E-state index contributed by atoms with van der Waals surface area (Å²) < 4.78 is 0. The van der Waals surface area contributed by atoms with Crippen molar-refractivity contribution in [1.82, 2.24) is 5.06 Å². The van der Waals surface area contributed by atoms with Crippen molar-refractivity contribution in [1.29, 1.82) is 0 Å². The number of hydrogen-bond acceptors (Lipinski definition) is 4. The SMILES string of the molecule is CON(C(N)=O)C(=O)[C@@H](O)CCc1ccccc1. The van der Waals surface area contributed by atoms with E-state index in [9.17, 15) is 14.7 Å². The Morgan fingerprint density at radius 2 is 2.00 bits per heavy atom. The highest BCUT2D eigenvalue weighted by Crippen LogP contribution is 2.07. The van der Waals surface area contributed by atoms with Crippen LogP contribution in [-0.2, 0) is 16.1 Å². The average Bonchev–Trinajstić information content (AvgIpc) is 2.37. The van der Waals surface area contributed by atoms with Gasteiger partial charge in [0.1, 0.15) is 6.10 Å². The maximum Gasteiger partial charge on any atom is 0.346 e. The molecule has 0 aliphatic heterocycles. The number of aryl methyl sites for hydroxylation is 1. The van der Waals surface area contributed by atoms with E-state index in [1.807, 2.05) is 30.3 Å². The highest BCUT2D eigenvalue weighted by Gasteiger charge is 2.26. The highest BCUT2D eigenvalue weighted by atomic mass is 16.7. The molecule has 0 saturated heterocycles. The zero-order chi connectivity index (χ0) is 13.5. The summed E-state index contributed by atoms with van der Waals surface area (Å²) in [5.41, 5.74) is 5.92. The van der Waals surface area contributed by atoms with Crippen LogP contribution in [0.15, 0.2) is 30.3 Å². The van der Waals surface area contributed by atoms with Crippen LogP contribution in [0.5, 0.6) is 0 Å². The van der Waals surface area contributed by atoms with Gasteiger partial charge in [0, 0.05) is 0 Å². The number of urea groups is 1. The number of carbonyl (C=O) groups is 2. The lowest BCUT2D eigenvalue weighted by Gasteiger charge is -2.18. The molecule has 0 aromatic heterocycles. The predicted molar refractivity (Wildman–Crippen MR) is 64.2 cm³/mol. The lowest BCUT2D eigenvalue weighted by molar-refractivity contribution is -0.169. The number of hydrogen-bond donors (Lipinski definition) is 2. The summed E-state index contributed by atoms with van der Waals surface area (Å²) in [6.45, 7) is 0. The van der Waals surface area contributed by atoms with Gasteiger partial charge in [0.2, 0.25) is 0 Å².